The highest BCUT2D eigenvalue weighted by Gasteiger charge is 2.34. The van der Waals surface area contributed by atoms with Gasteiger partial charge in [-0.2, -0.15) is 0 Å². The van der Waals surface area contributed by atoms with Crippen LogP contribution in [0.4, 0.5) is 0 Å². The molecule has 6 nitrogen and oxygen atoms in total. The van der Waals surface area contributed by atoms with Gasteiger partial charge in [0.15, 0.2) is 0 Å². The van der Waals surface area contributed by atoms with E-state index in [9.17, 15) is 14.7 Å². The molecule has 0 aromatic carbocycles. The summed E-state index contributed by atoms with van der Waals surface area (Å²) in [5.41, 5.74) is 0.207. The van der Waals surface area contributed by atoms with E-state index >= 15 is 0 Å². The Morgan fingerprint density at radius 1 is 1.41 bits per heavy atom. The molecule has 90 valence electrons. The van der Waals surface area contributed by atoms with E-state index in [-0.39, 0.29) is 23.9 Å². The van der Waals surface area contributed by atoms with Gasteiger partial charge in [0.05, 0.1) is 11.8 Å². The topological polar surface area (TPSA) is 90.7 Å². The third-order valence-corrected chi connectivity index (χ3v) is 2.52. The second kappa shape index (κ2) is 4.40. The Balaban J connectivity index is 2.18. The lowest BCUT2D eigenvalue weighted by molar-refractivity contribution is -0.137. The van der Waals surface area contributed by atoms with Gasteiger partial charge in [0.1, 0.15) is 12.3 Å². The number of carbonyl (C=O) groups excluding carboxylic acids is 1. The van der Waals surface area contributed by atoms with Crippen molar-refractivity contribution in [3.63, 3.8) is 0 Å². The highest BCUT2D eigenvalue weighted by molar-refractivity contribution is 5.96. The van der Waals surface area contributed by atoms with E-state index in [1.54, 1.807) is 0 Å². The largest absolute Gasteiger partial charge is 0.506 e. The second-order valence-corrected chi connectivity index (χ2v) is 3.99. The Labute approximate surface area is 97.5 Å². The van der Waals surface area contributed by atoms with Gasteiger partial charge in [-0.15, -0.1) is 0 Å². The van der Waals surface area contributed by atoms with Crippen molar-refractivity contribution in [3.05, 3.63) is 24.0 Å². The average molecular weight is 236 g/mol. The Bertz CT molecular complexity index is 457. The Hall–Kier alpha value is -2.11. The van der Waals surface area contributed by atoms with E-state index in [1.165, 1.54) is 23.4 Å². The number of rotatable bonds is 4. The number of carboxylic acid groups (broad SMARTS) is 1. The molecule has 1 fully saturated rings. The molecule has 1 amide bonds. The third kappa shape index (κ3) is 2.72. The van der Waals surface area contributed by atoms with Gasteiger partial charge >= 0.3 is 5.97 Å². The second-order valence-electron chi connectivity index (χ2n) is 3.99. The van der Waals surface area contributed by atoms with Crippen molar-refractivity contribution < 1.29 is 19.8 Å². The fourth-order valence-corrected chi connectivity index (χ4v) is 1.61. The monoisotopic (exact) mass is 236 g/mol. The lowest BCUT2D eigenvalue weighted by Crippen LogP contribution is -2.37. The number of aromatic nitrogens is 1. The summed E-state index contributed by atoms with van der Waals surface area (Å²) in [5, 5.41) is 18.0. The van der Waals surface area contributed by atoms with Gasteiger partial charge in [-0.3, -0.25) is 14.6 Å². The fraction of sp³-hybridized carbons (Fsp3) is 0.364. The van der Waals surface area contributed by atoms with Crippen LogP contribution in [-0.2, 0) is 4.79 Å². The van der Waals surface area contributed by atoms with Crippen LogP contribution in [0.2, 0.25) is 0 Å². The Morgan fingerprint density at radius 3 is 2.65 bits per heavy atom. The maximum Gasteiger partial charge on any atom is 0.323 e. The van der Waals surface area contributed by atoms with Gasteiger partial charge in [-0.25, -0.2) is 0 Å². The van der Waals surface area contributed by atoms with Gasteiger partial charge < -0.3 is 15.1 Å². The van der Waals surface area contributed by atoms with Crippen molar-refractivity contribution in [1.82, 2.24) is 9.88 Å². The number of aliphatic carboxylic acids is 1. The molecule has 17 heavy (non-hydrogen) atoms. The SMILES string of the molecule is O=C(O)CN(C(=O)c1cncc(O)c1)C1CC1. The molecule has 2 N–H and O–H groups in total. The van der Waals surface area contributed by atoms with Gasteiger partial charge in [-0.05, 0) is 18.9 Å². The number of carbonyl (C=O) groups is 2. The molecule has 1 aliphatic carbocycles. The molecule has 1 aliphatic rings. The summed E-state index contributed by atoms with van der Waals surface area (Å²) in [6.45, 7) is -0.320. The quantitative estimate of drug-likeness (QED) is 0.793. The summed E-state index contributed by atoms with van der Waals surface area (Å²) >= 11 is 0. The molecule has 1 aromatic heterocycles. The van der Waals surface area contributed by atoms with Crippen LogP contribution in [0, 0.1) is 0 Å². The van der Waals surface area contributed by atoms with Crippen LogP contribution < -0.4 is 0 Å². The molecule has 0 unspecified atom stereocenters. The third-order valence-electron chi connectivity index (χ3n) is 2.52. The molecule has 2 rings (SSSR count). The number of carboxylic acids is 1. The van der Waals surface area contributed by atoms with Crippen LogP contribution >= 0.6 is 0 Å². The van der Waals surface area contributed by atoms with Gasteiger partial charge in [-0.1, -0.05) is 0 Å². The first-order chi connectivity index (χ1) is 8.08. The average Bonchev–Trinajstić information content (AvgIpc) is 3.08. The van der Waals surface area contributed by atoms with Crippen molar-refractivity contribution in [1.29, 1.82) is 0 Å². The first-order valence-electron chi connectivity index (χ1n) is 5.24. The maximum absolute atomic E-state index is 12.0. The molecular weight excluding hydrogens is 224 g/mol. The van der Waals surface area contributed by atoms with Crippen LogP contribution in [-0.4, -0.2) is 44.6 Å². The van der Waals surface area contributed by atoms with Crippen LogP contribution in [0.25, 0.3) is 0 Å². The molecule has 0 saturated heterocycles. The summed E-state index contributed by atoms with van der Waals surface area (Å²) < 4.78 is 0. The number of hydrogen-bond donors (Lipinski definition) is 2. The smallest absolute Gasteiger partial charge is 0.323 e. The number of pyridine rings is 1. The molecule has 1 heterocycles. The minimum absolute atomic E-state index is 0.000879. The van der Waals surface area contributed by atoms with Crippen molar-refractivity contribution in [2.24, 2.45) is 0 Å². The first kappa shape index (κ1) is 11.4. The lowest BCUT2D eigenvalue weighted by Gasteiger charge is -2.19. The minimum atomic E-state index is -1.04. The number of amides is 1. The first-order valence-corrected chi connectivity index (χ1v) is 5.24. The Morgan fingerprint density at radius 2 is 2.12 bits per heavy atom. The Kier molecular flexibility index (Phi) is 2.95. The van der Waals surface area contributed by atoms with E-state index in [1.807, 2.05) is 0 Å². The molecule has 0 spiro atoms. The van der Waals surface area contributed by atoms with Crippen LogP contribution in [0.1, 0.15) is 23.2 Å². The summed E-state index contributed by atoms with van der Waals surface area (Å²) in [7, 11) is 0. The molecule has 0 bridgehead atoms. The lowest BCUT2D eigenvalue weighted by atomic mass is 10.2. The molecule has 0 aliphatic heterocycles. The summed E-state index contributed by atoms with van der Waals surface area (Å²) in [6, 6.07) is 1.29. The predicted octanol–water partition coefficient (Wildman–Crippen LogP) is 0.476. The predicted molar refractivity (Wildman–Crippen MR) is 57.6 cm³/mol. The molecular formula is C11H12N2O4. The zero-order valence-corrected chi connectivity index (χ0v) is 9.04. The highest BCUT2D eigenvalue weighted by atomic mass is 16.4. The molecule has 0 atom stereocenters. The van der Waals surface area contributed by atoms with Gasteiger partial charge in [0, 0.05) is 12.2 Å². The van der Waals surface area contributed by atoms with Gasteiger partial charge in [0.25, 0.3) is 5.91 Å². The minimum Gasteiger partial charge on any atom is -0.506 e. The molecule has 1 saturated carbocycles. The number of hydrogen-bond acceptors (Lipinski definition) is 4. The summed E-state index contributed by atoms with van der Waals surface area (Å²) in [4.78, 5) is 27.7. The standard InChI is InChI=1S/C11H12N2O4/c14-9-3-7(4-12-5-9)11(17)13(6-10(15)16)8-1-2-8/h3-5,8,14H,1-2,6H2,(H,15,16). The van der Waals surface area contributed by atoms with Crippen LogP contribution in [0.15, 0.2) is 18.5 Å². The number of aromatic hydroxyl groups is 1. The van der Waals surface area contributed by atoms with Crippen molar-refractivity contribution in [2.45, 2.75) is 18.9 Å². The fourth-order valence-electron chi connectivity index (χ4n) is 1.61. The number of nitrogens with zero attached hydrogens (tertiary/aromatic N) is 2. The van der Waals surface area contributed by atoms with E-state index in [0.29, 0.717) is 0 Å². The van der Waals surface area contributed by atoms with E-state index < -0.39 is 11.9 Å². The van der Waals surface area contributed by atoms with E-state index in [0.717, 1.165) is 12.8 Å². The van der Waals surface area contributed by atoms with Crippen molar-refractivity contribution >= 4 is 11.9 Å². The summed E-state index contributed by atoms with van der Waals surface area (Å²) in [5.74, 6) is -1.56. The van der Waals surface area contributed by atoms with Crippen LogP contribution in [0.3, 0.4) is 0 Å². The van der Waals surface area contributed by atoms with E-state index in [4.69, 9.17) is 5.11 Å². The normalized spacial score (nSPS) is 14.4. The van der Waals surface area contributed by atoms with Crippen LogP contribution in [0.5, 0.6) is 5.75 Å². The zero-order valence-electron chi connectivity index (χ0n) is 9.04. The van der Waals surface area contributed by atoms with Gasteiger partial charge in [0.2, 0.25) is 0 Å². The summed E-state index contributed by atoms with van der Waals surface area (Å²) in [6.07, 6.45) is 4.19. The maximum atomic E-state index is 12.0. The molecule has 1 aromatic rings. The zero-order chi connectivity index (χ0) is 12.4. The highest BCUT2D eigenvalue weighted by Crippen LogP contribution is 2.28. The van der Waals surface area contributed by atoms with Crippen molar-refractivity contribution in [3.8, 4) is 5.75 Å². The molecule has 6 heteroatoms. The van der Waals surface area contributed by atoms with Crippen molar-refractivity contribution in [2.75, 3.05) is 6.54 Å². The van der Waals surface area contributed by atoms with E-state index in [2.05, 4.69) is 4.98 Å². The molecule has 0 radical (unpaired) electrons.